The maximum absolute atomic E-state index is 13.0. The highest BCUT2D eigenvalue weighted by Gasteiger charge is 2.38. The van der Waals surface area contributed by atoms with Gasteiger partial charge in [-0.25, -0.2) is 0 Å². The molecule has 0 unspecified atom stereocenters. The summed E-state index contributed by atoms with van der Waals surface area (Å²) in [6.07, 6.45) is -0.524. The predicted molar refractivity (Wildman–Crippen MR) is 116 cm³/mol. The Bertz CT molecular complexity index is 1170. The summed E-state index contributed by atoms with van der Waals surface area (Å²) in [5.41, 5.74) is 2.39. The number of ether oxygens (including phenoxy) is 1. The third-order valence-corrected chi connectivity index (χ3v) is 6.03. The van der Waals surface area contributed by atoms with Crippen LogP contribution >= 0.6 is 39.3 Å². The van der Waals surface area contributed by atoms with E-state index in [4.69, 9.17) is 16.3 Å². The number of fused-ring (bicyclic) bond motifs is 3. The van der Waals surface area contributed by atoms with Crippen molar-refractivity contribution in [1.29, 1.82) is 0 Å². The molecule has 0 fully saturated rings. The maximum atomic E-state index is 13.0. The molecule has 0 amide bonds. The van der Waals surface area contributed by atoms with Crippen LogP contribution in [0.2, 0.25) is 5.02 Å². The minimum absolute atomic E-state index is 0.135. The smallest absolute Gasteiger partial charge is 0.325 e. The lowest BCUT2D eigenvalue weighted by Crippen LogP contribution is -2.55. The quantitative estimate of drug-likeness (QED) is 0.374. The number of phenolic OH excluding ortho intramolecular Hbond substituents is 1. The van der Waals surface area contributed by atoms with E-state index in [1.54, 1.807) is 16.8 Å². The molecule has 3 N–H and O–H groups in total. The highest BCUT2D eigenvalue weighted by molar-refractivity contribution is 9.10. The molecule has 0 aliphatic carbocycles. The average Bonchev–Trinajstić information content (AvgIpc) is 2.69. The summed E-state index contributed by atoms with van der Waals surface area (Å²) in [4.78, 5) is 15.8. The van der Waals surface area contributed by atoms with Crippen molar-refractivity contribution in [2.24, 2.45) is 0 Å². The molecule has 0 radical (unpaired) electrons. The van der Waals surface area contributed by atoms with Crippen LogP contribution in [0.3, 0.4) is 0 Å². The topological polar surface area (TPSA) is 91.1 Å². The molecule has 2 heterocycles. The number of hydrogen-bond donors (Lipinski definition) is 3. The molecular weight excluding hydrogens is 480 g/mol. The van der Waals surface area contributed by atoms with E-state index < -0.39 is 6.17 Å². The van der Waals surface area contributed by atoms with Crippen molar-refractivity contribution >= 4 is 45.0 Å². The normalized spacial score (nSPS) is 14.7. The molecule has 0 saturated heterocycles. The number of benzene rings is 2. The molecule has 0 spiro atoms. The maximum Gasteiger partial charge on any atom is 0.325 e. The standard InChI is InChI=1S/C19H16BrClN4O3S/c1-3-29-19-23-18(27)15-11-8-10(20)4-5-13(11)22-17(25(15)24-19)9-6-12(21)16(26)14(7-9)28-2/h4-8,17H,3H2,1-2H3,(H2,23,24,26,27)/p+1/t17-/m0/s1. The van der Waals surface area contributed by atoms with E-state index in [9.17, 15) is 9.90 Å². The second kappa shape index (κ2) is 7.89. The monoisotopic (exact) mass is 495 g/mol. The number of hydrogen-bond acceptors (Lipinski definition) is 6. The Morgan fingerprint density at radius 1 is 1.38 bits per heavy atom. The predicted octanol–water partition coefficient (Wildman–Crippen LogP) is 3.94. The van der Waals surface area contributed by atoms with Crippen molar-refractivity contribution in [2.45, 2.75) is 18.2 Å². The third-order valence-electron chi connectivity index (χ3n) is 4.50. The molecule has 29 heavy (non-hydrogen) atoms. The van der Waals surface area contributed by atoms with Crippen molar-refractivity contribution < 1.29 is 14.5 Å². The molecule has 4 rings (SSSR count). The van der Waals surface area contributed by atoms with Crippen molar-refractivity contribution in [1.82, 2.24) is 10.1 Å². The van der Waals surface area contributed by atoms with Gasteiger partial charge in [-0.2, -0.15) is 0 Å². The van der Waals surface area contributed by atoms with Gasteiger partial charge >= 0.3 is 11.3 Å². The van der Waals surface area contributed by atoms with E-state index >= 15 is 0 Å². The number of nitrogens with one attached hydrogen (secondary N) is 2. The van der Waals surface area contributed by atoms with Crippen molar-refractivity contribution in [2.75, 3.05) is 18.2 Å². The lowest BCUT2D eigenvalue weighted by Gasteiger charge is -2.23. The summed E-state index contributed by atoms with van der Waals surface area (Å²) < 4.78 is 7.74. The molecule has 2 aromatic carbocycles. The van der Waals surface area contributed by atoms with Crippen molar-refractivity contribution in [3.05, 3.63) is 55.7 Å². The Labute approximate surface area is 184 Å². The number of nitrogens with zero attached hydrogens (tertiary/aromatic N) is 2. The Morgan fingerprint density at radius 2 is 2.17 bits per heavy atom. The minimum Gasteiger partial charge on any atom is -0.503 e. The summed E-state index contributed by atoms with van der Waals surface area (Å²) in [6.45, 7) is 1.99. The van der Waals surface area contributed by atoms with Gasteiger partial charge in [0.05, 0.1) is 23.4 Å². The minimum atomic E-state index is -0.524. The first-order valence-corrected chi connectivity index (χ1v) is 10.9. The fourth-order valence-electron chi connectivity index (χ4n) is 3.25. The van der Waals surface area contributed by atoms with Gasteiger partial charge in [0.2, 0.25) is 5.16 Å². The number of rotatable bonds is 4. The van der Waals surface area contributed by atoms with Crippen LogP contribution in [0.4, 0.5) is 5.69 Å². The van der Waals surface area contributed by atoms with Gasteiger partial charge in [0.15, 0.2) is 11.5 Å². The van der Waals surface area contributed by atoms with E-state index in [1.807, 2.05) is 25.1 Å². The zero-order valence-electron chi connectivity index (χ0n) is 15.5. The molecular formula is C19H17BrClN4O3S+. The number of phenols is 1. The molecule has 1 aliphatic rings. The Balaban J connectivity index is 1.98. The number of halogens is 2. The van der Waals surface area contributed by atoms with E-state index in [2.05, 4.69) is 31.3 Å². The number of methoxy groups -OCH3 is 1. The van der Waals surface area contributed by atoms with Crippen LogP contribution in [0.1, 0.15) is 18.7 Å². The second-order valence-corrected chi connectivity index (χ2v) is 8.85. The number of aromatic amines is 1. The molecule has 150 valence electrons. The molecule has 3 aromatic rings. The van der Waals surface area contributed by atoms with Crippen LogP contribution in [-0.4, -0.2) is 28.1 Å². The highest BCUT2D eigenvalue weighted by atomic mass is 79.9. The van der Waals surface area contributed by atoms with Gasteiger partial charge < -0.3 is 15.2 Å². The largest absolute Gasteiger partial charge is 0.503 e. The summed E-state index contributed by atoms with van der Waals surface area (Å²) >= 11 is 11.1. The lowest BCUT2D eigenvalue weighted by atomic mass is 10.0. The van der Waals surface area contributed by atoms with Crippen LogP contribution in [0, 0.1) is 0 Å². The number of aromatic nitrogens is 3. The summed E-state index contributed by atoms with van der Waals surface area (Å²) in [5.74, 6) is 0.872. The van der Waals surface area contributed by atoms with Crippen LogP contribution in [0.25, 0.3) is 11.3 Å². The van der Waals surface area contributed by atoms with Gasteiger partial charge in [0.1, 0.15) is 0 Å². The Morgan fingerprint density at radius 3 is 2.90 bits per heavy atom. The zero-order valence-corrected chi connectivity index (χ0v) is 18.7. The van der Waals surface area contributed by atoms with Crippen molar-refractivity contribution in [3.63, 3.8) is 0 Å². The van der Waals surface area contributed by atoms with Crippen LogP contribution < -0.4 is 20.3 Å². The lowest BCUT2D eigenvalue weighted by molar-refractivity contribution is -0.759. The molecule has 1 aromatic heterocycles. The van der Waals surface area contributed by atoms with Crippen LogP contribution in [0.15, 0.2) is 44.8 Å². The number of H-pyrrole nitrogens is 1. The number of thioether (sulfide) groups is 1. The summed E-state index contributed by atoms with van der Waals surface area (Å²) in [6, 6.07) is 8.97. The first-order chi connectivity index (χ1) is 13.9. The average molecular weight is 497 g/mol. The molecule has 7 nitrogen and oxygen atoms in total. The van der Waals surface area contributed by atoms with E-state index in [0.717, 1.165) is 21.5 Å². The summed E-state index contributed by atoms with van der Waals surface area (Å²) in [5, 5.41) is 18.8. The first kappa shape index (κ1) is 20.1. The van der Waals surface area contributed by atoms with Gasteiger partial charge in [-0.3, -0.25) is 9.78 Å². The second-order valence-electron chi connectivity index (χ2n) is 6.28. The van der Waals surface area contributed by atoms with Gasteiger partial charge in [0, 0.05) is 15.1 Å². The van der Waals surface area contributed by atoms with Crippen molar-refractivity contribution in [3.8, 4) is 22.8 Å². The fourth-order valence-corrected chi connectivity index (χ4v) is 4.41. The Kier molecular flexibility index (Phi) is 5.46. The molecule has 10 heteroatoms. The molecule has 1 aliphatic heterocycles. The van der Waals surface area contributed by atoms with E-state index in [1.165, 1.54) is 18.9 Å². The number of aromatic hydroxyl groups is 1. The first-order valence-electron chi connectivity index (χ1n) is 8.74. The molecule has 1 atom stereocenters. The van der Waals surface area contributed by atoms with Crippen LogP contribution in [-0.2, 0) is 0 Å². The van der Waals surface area contributed by atoms with Gasteiger partial charge in [-0.15, -0.1) is 0 Å². The highest BCUT2D eigenvalue weighted by Crippen LogP contribution is 2.39. The molecule has 0 saturated carbocycles. The van der Waals surface area contributed by atoms with Crippen LogP contribution in [0.5, 0.6) is 11.5 Å². The third kappa shape index (κ3) is 3.58. The molecule has 0 bridgehead atoms. The van der Waals surface area contributed by atoms with Gasteiger partial charge in [-0.05, 0) is 40.8 Å². The van der Waals surface area contributed by atoms with Gasteiger partial charge in [0.25, 0.3) is 6.17 Å². The van der Waals surface area contributed by atoms with Gasteiger partial charge in [-0.1, -0.05) is 46.2 Å². The fraction of sp³-hybridized carbons (Fsp3) is 0.211. The SMILES string of the molecule is CCSc1n[n+]2c(c(=O)[nH]1)-c1cc(Br)ccc1N[C@@H]2c1cc(Cl)c(O)c(OC)c1. The van der Waals surface area contributed by atoms with E-state index in [0.29, 0.717) is 16.4 Å². The zero-order chi connectivity index (χ0) is 20.7. The Hall–Kier alpha value is -2.23. The summed E-state index contributed by atoms with van der Waals surface area (Å²) in [7, 11) is 1.45. The number of anilines is 1. The van der Waals surface area contributed by atoms with E-state index in [-0.39, 0.29) is 22.1 Å².